The zero-order valence-electron chi connectivity index (χ0n) is 19.7. The lowest BCUT2D eigenvalue weighted by Gasteiger charge is -2.40. The maximum atomic E-state index is 13.3. The number of benzene rings is 2. The third-order valence-electron chi connectivity index (χ3n) is 6.95. The van der Waals surface area contributed by atoms with Crippen LogP contribution in [-0.2, 0) is 11.3 Å². The zero-order valence-corrected chi connectivity index (χ0v) is 19.7. The summed E-state index contributed by atoms with van der Waals surface area (Å²) in [5.74, 6) is -0.153. The molecule has 1 aromatic heterocycles. The van der Waals surface area contributed by atoms with Crippen molar-refractivity contribution in [3.8, 4) is 0 Å². The molecule has 2 aliphatic rings. The molecule has 5 rings (SSSR count). The van der Waals surface area contributed by atoms with Crippen molar-refractivity contribution < 1.29 is 9.18 Å². The van der Waals surface area contributed by atoms with Crippen molar-refractivity contribution in [2.75, 3.05) is 49.1 Å². The number of carbonyl (C=O) groups excluding carboxylic acids is 1. The van der Waals surface area contributed by atoms with E-state index in [0.29, 0.717) is 26.2 Å². The van der Waals surface area contributed by atoms with Gasteiger partial charge in [-0.15, -0.1) is 0 Å². The molecule has 0 N–H and O–H groups in total. The van der Waals surface area contributed by atoms with Crippen LogP contribution in [0.1, 0.15) is 18.4 Å². The Labute approximate surface area is 204 Å². The molecule has 1 atom stereocenters. The fraction of sp³-hybridized carbons (Fsp3) is 0.370. The van der Waals surface area contributed by atoms with Crippen molar-refractivity contribution >= 4 is 17.3 Å². The average molecular weight is 476 g/mol. The lowest BCUT2D eigenvalue weighted by molar-refractivity contribution is -0.136. The Hall–Kier alpha value is -3.68. The maximum absolute atomic E-state index is 13.3. The van der Waals surface area contributed by atoms with Gasteiger partial charge in [-0.3, -0.25) is 9.59 Å². The fourth-order valence-corrected chi connectivity index (χ4v) is 4.98. The number of rotatable bonds is 5. The molecule has 2 fully saturated rings. The summed E-state index contributed by atoms with van der Waals surface area (Å²) in [6.07, 6.45) is 3.49. The van der Waals surface area contributed by atoms with Crippen LogP contribution >= 0.6 is 0 Å². The van der Waals surface area contributed by atoms with E-state index in [1.165, 1.54) is 16.8 Å². The van der Waals surface area contributed by atoms with Gasteiger partial charge in [0.1, 0.15) is 5.82 Å². The highest BCUT2D eigenvalue weighted by molar-refractivity contribution is 5.80. The molecular weight excluding hydrogens is 445 g/mol. The largest absolute Gasteiger partial charge is 0.369 e. The molecule has 1 unspecified atom stereocenters. The van der Waals surface area contributed by atoms with Gasteiger partial charge in [-0.25, -0.2) is 9.07 Å². The molecule has 2 aliphatic heterocycles. The van der Waals surface area contributed by atoms with E-state index in [9.17, 15) is 14.0 Å². The zero-order chi connectivity index (χ0) is 24.2. The molecule has 2 saturated heterocycles. The molecule has 2 aromatic carbocycles. The van der Waals surface area contributed by atoms with Gasteiger partial charge >= 0.3 is 0 Å². The standard InChI is InChI=1S/C27H30FN5O2/c28-23-8-10-24(11-9-23)30-13-15-31(16-14-30)27(35)22-7-4-12-32(20-22)25-17-26(34)33(29-18-25)19-21-5-2-1-3-6-21/h1-3,5-6,8-11,17-18,22H,4,7,12-16,19-20H2. The predicted molar refractivity (Wildman–Crippen MR) is 134 cm³/mol. The minimum atomic E-state index is -0.242. The smallest absolute Gasteiger partial charge is 0.269 e. The third-order valence-corrected chi connectivity index (χ3v) is 6.95. The summed E-state index contributed by atoms with van der Waals surface area (Å²) in [6.45, 7) is 4.63. The Morgan fingerprint density at radius 2 is 1.66 bits per heavy atom. The molecule has 182 valence electrons. The Morgan fingerprint density at radius 1 is 0.914 bits per heavy atom. The van der Waals surface area contributed by atoms with Gasteiger partial charge in [0.2, 0.25) is 5.91 Å². The third kappa shape index (κ3) is 5.37. The lowest BCUT2D eigenvalue weighted by Crippen LogP contribution is -2.52. The molecule has 0 aliphatic carbocycles. The lowest BCUT2D eigenvalue weighted by atomic mass is 9.96. The Bertz CT molecular complexity index is 1210. The normalized spacial score (nSPS) is 18.5. The summed E-state index contributed by atoms with van der Waals surface area (Å²) < 4.78 is 14.7. The van der Waals surface area contributed by atoms with Gasteiger partial charge in [0.05, 0.1) is 24.3 Å². The predicted octanol–water partition coefficient (Wildman–Crippen LogP) is 3.00. The number of carbonyl (C=O) groups is 1. The number of aromatic nitrogens is 2. The molecule has 3 aromatic rings. The average Bonchev–Trinajstić information content (AvgIpc) is 2.91. The van der Waals surface area contributed by atoms with Gasteiger partial charge < -0.3 is 14.7 Å². The maximum Gasteiger partial charge on any atom is 0.269 e. The summed E-state index contributed by atoms with van der Waals surface area (Å²) >= 11 is 0. The topological polar surface area (TPSA) is 61.7 Å². The molecular formula is C27H30FN5O2. The van der Waals surface area contributed by atoms with E-state index in [4.69, 9.17) is 0 Å². The highest BCUT2D eigenvalue weighted by Gasteiger charge is 2.31. The van der Waals surface area contributed by atoms with Gasteiger partial charge in [-0.1, -0.05) is 30.3 Å². The van der Waals surface area contributed by atoms with E-state index in [2.05, 4.69) is 14.9 Å². The van der Waals surface area contributed by atoms with Crippen LogP contribution in [0.4, 0.5) is 15.8 Å². The summed E-state index contributed by atoms with van der Waals surface area (Å²) in [5, 5.41) is 4.39. The molecule has 35 heavy (non-hydrogen) atoms. The highest BCUT2D eigenvalue weighted by atomic mass is 19.1. The van der Waals surface area contributed by atoms with Gasteiger partial charge in [-0.05, 0) is 42.7 Å². The number of piperidine rings is 1. The summed E-state index contributed by atoms with van der Waals surface area (Å²) in [6, 6.07) is 17.9. The first-order chi connectivity index (χ1) is 17.1. The molecule has 0 spiro atoms. The summed E-state index contributed by atoms with van der Waals surface area (Å²) in [5.41, 5.74) is 2.64. The number of halogens is 1. The Kier molecular flexibility index (Phi) is 6.79. The molecule has 3 heterocycles. The second-order valence-electron chi connectivity index (χ2n) is 9.27. The van der Waals surface area contributed by atoms with E-state index < -0.39 is 0 Å². The molecule has 0 bridgehead atoms. The van der Waals surface area contributed by atoms with Crippen LogP contribution in [-0.4, -0.2) is 59.9 Å². The van der Waals surface area contributed by atoms with Crippen molar-refractivity contribution in [3.05, 3.63) is 88.6 Å². The number of hydrogen-bond acceptors (Lipinski definition) is 5. The van der Waals surface area contributed by atoms with Gasteiger partial charge in [0, 0.05) is 51.0 Å². The van der Waals surface area contributed by atoms with Crippen molar-refractivity contribution in [1.29, 1.82) is 0 Å². The van der Waals surface area contributed by atoms with Crippen molar-refractivity contribution in [3.63, 3.8) is 0 Å². The SMILES string of the molecule is O=C(C1CCCN(c2cnn(Cc3ccccc3)c(=O)c2)C1)N1CCN(c2ccc(F)cc2)CC1. The molecule has 0 saturated carbocycles. The van der Waals surface area contributed by atoms with Crippen LogP contribution in [0.2, 0.25) is 0 Å². The molecule has 1 amide bonds. The number of nitrogens with zero attached hydrogens (tertiary/aromatic N) is 5. The first kappa shape index (κ1) is 23.1. The van der Waals surface area contributed by atoms with Crippen LogP contribution < -0.4 is 15.4 Å². The Balaban J connectivity index is 1.19. The highest BCUT2D eigenvalue weighted by Crippen LogP contribution is 2.24. The second-order valence-corrected chi connectivity index (χ2v) is 9.27. The summed E-state index contributed by atoms with van der Waals surface area (Å²) in [4.78, 5) is 32.2. The number of anilines is 2. The number of hydrogen-bond donors (Lipinski definition) is 0. The number of amides is 1. The van der Waals surface area contributed by atoms with Gasteiger partial charge in [0.15, 0.2) is 0 Å². The van der Waals surface area contributed by atoms with E-state index in [-0.39, 0.29) is 23.2 Å². The molecule has 0 radical (unpaired) electrons. The van der Waals surface area contributed by atoms with E-state index in [0.717, 1.165) is 49.4 Å². The van der Waals surface area contributed by atoms with Crippen molar-refractivity contribution in [1.82, 2.24) is 14.7 Å². The first-order valence-electron chi connectivity index (χ1n) is 12.2. The minimum absolute atomic E-state index is 0.0899. The molecule has 8 heteroatoms. The van der Waals surface area contributed by atoms with Crippen LogP contribution in [0.3, 0.4) is 0 Å². The van der Waals surface area contributed by atoms with Crippen LogP contribution in [0.15, 0.2) is 71.7 Å². The monoisotopic (exact) mass is 475 g/mol. The first-order valence-corrected chi connectivity index (χ1v) is 12.2. The van der Waals surface area contributed by atoms with Crippen molar-refractivity contribution in [2.45, 2.75) is 19.4 Å². The summed E-state index contributed by atoms with van der Waals surface area (Å²) in [7, 11) is 0. The minimum Gasteiger partial charge on any atom is -0.369 e. The molecule has 7 nitrogen and oxygen atoms in total. The quantitative estimate of drug-likeness (QED) is 0.568. The van der Waals surface area contributed by atoms with Gasteiger partial charge in [-0.2, -0.15) is 5.10 Å². The second kappa shape index (κ2) is 10.3. The van der Waals surface area contributed by atoms with E-state index >= 15 is 0 Å². The van der Waals surface area contributed by atoms with E-state index in [1.807, 2.05) is 35.2 Å². The van der Waals surface area contributed by atoms with E-state index in [1.54, 1.807) is 24.4 Å². The van der Waals surface area contributed by atoms with Gasteiger partial charge in [0.25, 0.3) is 5.56 Å². The Morgan fingerprint density at radius 3 is 2.37 bits per heavy atom. The number of piperazine rings is 1. The fourth-order valence-electron chi connectivity index (χ4n) is 4.98. The van der Waals surface area contributed by atoms with Crippen molar-refractivity contribution in [2.24, 2.45) is 5.92 Å². The van der Waals surface area contributed by atoms with Crippen LogP contribution in [0.25, 0.3) is 0 Å². The van der Waals surface area contributed by atoms with Crippen LogP contribution in [0.5, 0.6) is 0 Å². The van der Waals surface area contributed by atoms with Crippen LogP contribution in [0, 0.1) is 11.7 Å².